The van der Waals surface area contributed by atoms with E-state index in [1.165, 1.54) is 4.90 Å². The van der Waals surface area contributed by atoms with Crippen molar-refractivity contribution in [2.45, 2.75) is 85.2 Å². The van der Waals surface area contributed by atoms with Gasteiger partial charge in [0.05, 0.1) is 28.2 Å². The van der Waals surface area contributed by atoms with Crippen LogP contribution in [0.15, 0.2) is 29.8 Å². The molecule has 4 unspecified atom stereocenters. The quantitative estimate of drug-likeness (QED) is 0.365. The number of hydrogen-bond acceptors (Lipinski definition) is 7. The minimum absolute atomic E-state index is 0.0475. The Morgan fingerprint density at radius 1 is 1.21 bits per heavy atom. The van der Waals surface area contributed by atoms with Crippen molar-refractivity contribution in [3.8, 4) is 10.4 Å². The number of likely N-dealkylation sites (tertiary alicyclic amines) is 1. The van der Waals surface area contributed by atoms with E-state index in [2.05, 4.69) is 20.9 Å². The van der Waals surface area contributed by atoms with Gasteiger partial charge in [-0.05, 0) is 43.4 Å². The van der Waals surface area contributed by atoms with Crippen molar-refractivity contribution >= 4 is 29.1 Å². The lowest BCUT2D eigenvalue weighted by Crippen LogP contribution is -2.59. The van der Waals surface area contributed by atoms with Crippen LogP contribution in [0.4, 0.5) is 0 Å². The number of carbonyl (C=O) groups is 3. The molecule has 0 aliphatic carbocycles. The second-order valence-electron chi connectivity index (χ2n) is 11.1. The zero-order valence-corrected chi connectivity index (χ0v) is 24.0. The van der Waals surface area contributed by atoms with Gasteiger partial charge in [-0.25, -0.2) is 4.98 Å². The third kappa shape index (κ3) is 7.39. The van der Waals surface area contributed by atoms with Crippen molar-refractivity contribution in [2.75, 3.05) is 13.1 Å². The molecule has 0 saturated carbocycles. The van der Waals surface area contributed by atoms with Gasteiger partial charge in [0.2, 0.25) is 17.7 Å². The van der Waals surface area contributed by atoms with Crippen LogP contribution in [0, 0.1) is 12.3 Å². The Balaban J connectivity index is 1.67. The summed E-state index contributed by atoms with van der Waals surface area (Å²) in [7, 11) is 0. The fourth-order valence-corrected chi connectivity index (χ4v) is 5.31. The van der Waals surface area contributed by atoms with E-state index < -0.39 is 29.6 Å². The average molecular weight is 544 g/mol. The van der Waals surface area contributed by atoms with E-state index in [9.17, 15) is 19.5 Å². The largest absolute Gasteiger partial charge is 0.391 e. The number of aromatic nitrogens is 1. The molecule has 208 valence electrons. The maximum atomic E-state index is 13.7. The standard InChI is InChI=1S/C28H41N5O4S/c1-7-12-29-18(3)25(35)32-24(28(4,5)6)27(37)33-15-21(34)13-22(33)26(36)30-14-19-8-10-20(11-9-19)23-17(2)31-16-38-23/h8-11,16,18,21-22,24,29,34H,7,12-15H2,1-6H3,(H,30,36)(H,32,35). The van der Waals surface area contributed by atoms with E-state index >= 15 is 0 Å². The molecule has 3 rings (SSSR count). The molecule has 0 bridgehead atoms. The molecule has 9 nitrogen and oxygen atoms in total. The second-order valence-corrected chi connectivity index (χ2v) is 11.9. The SMILES string of the molecule is CCCNC(C)C(=O)NC(C(=O)N1CC(O)CC1C(=O)NCc1ccc(-c2scnc2C)cc1)C(C)(C)C. The number of aliphatic hydroxyl groups is 1. The topological polar surface area (TPSA) is 124 Å². The minimum Gasteiger partial charge on any atom is -0.391 e. The number of rotatable bonds is 10. The maximum Gasteiger partial charge on any atom is 0.246 e. The van der Waals surface area contributed by atoms with Crippen LogP contribution in [0.1, 0.15) is 58.7 Å². The Hall–Kier alpha value is -2.82. The predicted octanol–water partition coefficient (Wildman–Crippen LogP) is 2.62. The Kier molecular flexibility index (Phi) is 10.0. The lowest BCUT2D eigenvalue weighted by Gasteiger charge is -2.36. The summed E-state index contributed by atoms with van der Waals surface area (Å²) < 4.78 is 0. The number of benzene rings is 1. The van der Waals surface area contributed by atoms with Gasteiger partial charge < -0.3 is 26.0 Å². The highest BCUT2D eigenvalue weighted by Crippen LogP contribution is 2.28. The van der Waals surface area contributed by atoms with Gasteiger partial charge in [0, 0.05) is 19.5 Å². The highest BCUT2D eigenvalue weighted by atomic mass is 32.1. The summed E-state index contributed by atoms with van der Waals surface area (Å²) in [6.07, 6.45) is 0.232. The lowest BCUT2D eigenvalue weighted by molar-refractivity contribution is -0.144. The van der Waals surface area contributed by atoms with Gasteiger partial charge in [0.15, 0.2) is 0 Å². The smallest absolute Gasteiger partial charge is 0.246 e. The molecule has 0 radical (unpaired) electrons. The van der Waals surface area contributed by atoms with Crippen LogP contribution in [0.3, 0.4) is 0 Å². The first-order valence-electron chi connectivity index (χ1n) is 13.2. The van der Waals surface area contributed by atoms with Crippen molar-refractivity contribution < 1.29 is 19.5 Å². The minimum atomic E-state index is -0.843. The van der Waals surface area contributed by atoms with Gasteiger partial charge in [0.25, 0.3) is 0 Å². The zero-order chi connectivity index (χ0) is 28.0. The first-order chi connectivity index (χ1) is 17.9. The van der Waals surface area contributed by atoms with E-state index in [1.807, 2.05) is 64.4 Å². The number of hydrogen-bond donors (Lipinski definition) is 4. The molecule has 3 amide bonds. The van der Waals surface area contributed by atoms with Gasteiger partial charge in [-0.1, -0.05) is 52.0 Å². The molecule has 2 heterocycles. The Labute approximate surface area is 229 Å². The molecule has 1 aromatic carbocycles. The molecule has 10 heteroatoms. The molecule has 2 aromatic rings. The Morgan fingerprint density at radius 2 is 1.89 bits per heavy atom. The first-order valence-corrected chi connectivity index (χ1v) is 14.1. The summed E-state index contributed by atoms with van der Waals surface area (Å²) in [5.41, 5.74) is 4.21. The molecule has 1 saturated heterocycles. The van der Waals surface area contributed by atoms with Crippen molar-refractivity contribution in [3.63, 3.8) is 0 Å². The molecule has 1 aromatic heterocycles. The first kappa shape index (κ1) is 29.7. The van der Waals surface area contributed by atoms with E-state index in [1.54, 1.807) is 18.3 Å². The molecular formula is C28H41N5O4S. The van der Waals surface area contributed by atoms with E-state index in [0.29, 0.717) is 13.1 Å². The van der Waals surface area contributed by atoms with E-state index in [4.69, 9.17) is 0 Å². The summed E-state index contributed by atoms with van der Waals surface area (Å²) in [5, 5.41) is 19.3. The molecule has 1 fully saturated rings. The van der Waals surface area contributed by atoms with Crippen LogP contribution < -0.4 is 16.0 Å². The Morgan fingerprint density at radius 3 is 2.47 bits per heavy atom. The fourth-order valence-electron chi connectivity index (χ4n) is 4.50. The lowest BCUT2D eigenvalue weighted by atomic mass is 9.85. The van der Waals surface area contributed by atoms with Crippen LogP contribution in [-0.2, 0) is 20.9 Å². The van der Waals surface area contributed by atoms with Crippen LogP contribution in [-0.4, -0.2) is 70.0 Å². The Bertz CT molecular complexity index is 1110. The third-order valence-electron chi connectivity index (χ3n) is 6.79. The van der Waals surface area contributed by atoms with Crippen molar-refractivity contribution in [3.05, 3.63) is 41.0 Å². The van der Waals surface area contributed by atoms with Gasteiger partial charge in [-0.15, -0.1) is 11.3 Å². The molecule has 1 aliphatic rings. The van der Waals surface area contributed by atoms with Crippen LogP contribution in [0.25, 0.3) is 10.4 Å². The van der Waals surface area contributed by atoms with Crippen molar-refractivity contribution in [1.82, 2.24) is 25.8 Å². The fraction of sp³-hybridized carbons (Fsp3) is 0.571. The number of aryl methyl sites for hydroxylation is 1. The van der Waals surface area contributed by atoms with Gasteiger partial charge in [-0.2, -0.15) is 0 Å². The van der Waals surface area contributed by atoms with Gasteiger partial charge in [0.1, 0.15) is 12.1 Å². The summed E-state index contributed by atoms with van der Waals surface area (Å²) in [5.74, 6) is -0.965. The molecule has 4 N–H and O–H groups in total. The molecule has 4 atom stereocenters. The van der Waals surface area contributed by atoms with Crippen molar-refractivity contribution in [1.29, 1.82) is 0 Å². The third-order valence-corrected chi connectivity index (χ3v) is 7.76. The van der Waals surface area contributed by atoms with Gasteiger partial charge in [-0.3, -0.25) is 14.4 Å². The highest BCUT2D eigenvalue weighted by molar-refractivity contribution is 7.13. The van der Waals surface area contributed by atoms with Crippen LogP contribution >= 0.6 is 11.3 Å². The van der Waals surface area contributed by atoms with Gasteiger partial charge >= 0.3 is 0 Å². The molecule has 38 heavy (non-hydrogen) atoms. The molecular weight excluding hydrogens is 502 g/mol. The summed E-state index contributed by atoms with van der Waals surface area (Å²) in [4.78, 5) is 46.5. The maximum absolute atomic E-state index is 13.7. The summed E-state index contributed by atoms with van der Waals surface area (Å²) in [6.45, 7) is 12.4. The van der Waals surface area contributed by atoms with E-state index in [0.717, 1.165) is 28.1 Å². The number of nitrogens with one attached hydrogen (secondary N) is 3. The summed E-state index contributed by atoms with van der Waals surface area (Å²) in [6, 6.07) is 5.81. The number of β-amino-alcohol motifs (C(OH)–C–C–N with tert-alkyl or cyclic N) is 1. The van der Waals surface area contributed by atoms with Crippen molar-refractivity contribution in [2.24, 2.45) is 5.41 Å². The number of aliphatic hydroxyl groups excluding tert-OH is 1. The monoisotopic (exact) mass is 543 g/mol. The molecule has 0 spiro atoms. The zero-order valence-electron chi connectivity index (χ0n) is 23.2. The highest BCUT2D eigenvalue weighted by Gasteiger charge is 2.44. The van der Waals surface area contributed by atoms with Crippen LogP contribution in [0.5, 0.6) is 0 Å². The predicted molar refractivity (Wildman–Crippen MR) is 149 cm³/mol. The van der Waals surface area contributed by atoms with Crippen LogP contribution in [0.2, 0.25) is 0 Å². The normalized spacial score (nSPS) is 19.2. The molecule has 1 aliphatic heterocycles. The number of nitrogens with zero attached hydrogens (tertiary/aromatic N) is 2. The average Bonchev–Trinajstić information content (AvgIpc) is 3.48. The van der Waals surface area contributed by atoms with E-state index in [-0.39, 0.29) is 30.7 Å². The number of carbonyl (C=O) groups excluding carboxylic acids is 3. The number of amides is 3. The second kappa shape index (κ2) is 12.8. The number of thiazole rings is 1. The summed E-state index contributed by atoms with van der Waals surface area (Å²) >= 11 is 1.59.